The summed E-state index contributed by atoms with van der Waals surface area (Å²) in [7, 11) is 0. The summed E-state index contributed by atoms with van der Waals surface area (Å²) in [5.41, 5.74) is 3.02. The fourth-order valence-corrected chi connectivity index (χ4v) is 3.19. The molecule has 1 unspecified atom stereocenters. The summed E-state index contributed by atoms with van der Waals surface area (Å²) in [4.78, 5) is 1.95. The average Bonchev–Trinajstić information content (AvgIpc) is 2.95. The van der Waals surface area contributed by atoms with E-state index >= 15 is 0 Å². The van der Waals surface area contributed by atoms with E-state index in [1.165, 1.54) is 16.9 Å². The molecule has 0 saturated carbocycles. The highest BCUT2D eigenvalue weighted by Crippen LogP contribution is 2.38. The monoisotopic (exact) mass is 247 g/mol. The van der Waals surface area contributed by atoms with Gasteiger partial charge in [0.15, 0.2) is 6.17 Å². The van der Waals surface area contributed by atoms with Gasteiger partial charge >= 0.3 is 0 Å². The molecule has 17 heavy (non-hydrogen) atoms. The Morgan fingerprint density at radius 1 is 1.29 bits per heavy atom. The number of alkyl halides is 1. The van der Waals surface area contributed by atoms with Crippen molar-refractivity contribution in [3.05, 3.63) is 51.2 Å². The number of thiophene rings is 1. The van der Waals surface area contributed by atoms with Gasteiger partial charge in [-0.1, -0.05) is 18.2 Å². The fourth-order valence-electron chi connectivity index (χ4n) is 2.32. The lowest BCUT2D eigenvalue weighted by Gasteiger charge is -2.12. The number of rotatable bonds is 2. The Morgan fingerprint density at radius 3 is 2.94 bits per heavy atom. The second-order valence-electron chi connectivity index (χ2n) is 4.37. The minimum Gasteiger partial charge on any atom is -0.384 e. The minimum atomic E-state index is -1.01. The molecule has 1 N–H and O–H groups in total. The smallest absolute Gasteiger partial charge is 0.161 e. The van der Waals surface area contributed by atoms with Crippen LogP contribution in [0.25, 0.3) is 0 Å². The first-order chi connectivity index (χ1) is 8.25. The van der Waals surface area contributed by atoms with Crippen molar-refractivity contribution in [3.63, 3.8) is 0 Å². The Hall–Kier alpha value is -1.35. The number of halogens is 1. The SMILES string of the molecule is Cc1ccc(C(F)c2cccc3c2NCC3)s1. The van der Waals surface area contributed by atoms with Crippen LogP contribution in [0.4, 0.5) is 10.1 Å². The minimum absolute atomic E-state index is 0.779. The maximum absolute atomic E-state index is 14.5. The summed E-state index contributed by atoms with van der Waals surface area (Å²) in [6.07, 6.45) is -0.00596. The van der Waals surface area contributed by atoms with Crippen molar-refractivity contribution >= 4 is 17.0 Å². The molecule has 0 amide bonds. The first-order valence-electron chi connectivity index (χ1n) is 5.82. The average molecular weight is 247 g/mol. The molecule has 1 aromatic carbocycles. The van der Waals surface area contributed by atoms with Crippen molar-refractivity contribution in [2.45, 2.75) is 19.5 Å². The van der Waals surface area contributed by atoms with Crippen molar-refractivity contribution in [2.24, 2.45) is 0 Å². The van der Waals surface area contributed by atoms with Gasteiger partial charge < -0.3 is 5.32 Å². The zero-order valence-electron chi connectivity index (χ0n) is 9.66. The normalized spacial score (nSPS) is 15.4. The van der Waals surface area contributed by atoms with Gasteiger partial charge in [0, 0.05) is 27.5 Å². The highest BCUT2D eigenvalue weighted by molar-refractivity contribution is 7.12. The van der Waals surface area contributed by atoms with Gasteiger partial charge in [-0.15, -0.1) is 11.3 Å². The van der Waals surface area contributed by atoms with E-state index in [1.54, 1.807) is 0 Å². The molecule has 1 aromatic heterocycles. The van der Waals surface area contributed by atoms with Crippen molar-refractivity contribution in [3.8, 4) is 0 Å². The molecular weight excluding hydrogens is 233 g/mol. The van der Waals surface area contributed by atoms with E-state index in [0.717, 1.165) is 34.0 Å². The molecule has 0 fully saturated rings. The van der Waals surface area contributed by atoms with Crippen LogP contribution < -0.4 is 5.32 Å². The van der Waals surface area contributed by atoms with Gasteiger partial charge in [0.2, 0.25) is 0 Å². The topological polar surface area (TPSA) is 12.0 Å². The van der Waals surface area contributed by atoms with Crippen LogP contribution in [0.3, 0.4) is 0 Å². The Labute approximate surface area is 104 Å². The Kier molecular flexibility index (Phi) is 2.63. The molecule has 0 aliphatic carbocycles. The second kappa shape index (κ2) is 4.15. The number of hydrogen-bond acceptors (Lipinski definition) is 2. The van der Waals surface area contributed by atoms with Gasteiger partial charge in [0.25, 0.3) is 0 Å². The van der Waals surface area contributed by atoms with Crippen LogP contribution >= 0.6 is 11.3 Å². The van der Waals surface area contributed by atoms with Gasteiger partial charge in [0.1, 0.15) is 0 Å². The summed E-state index contributed by atoms with van der Waals surface area (Å²) in [6.45, 7) is 2.93. The second-order valence-corrected chi connectivity index (χ2v) is 5.69. The fraction of sp³-hybridized carbons (Fsp3) is 0.286. The maximum Gasteiger partial charge on any atom is 0.161 e. The van der Waals surface area contributed by atoms with Gasteiger partial charge in [-0.05, 0) is 31.0 Å². The summed E-state index contributed by atoms with van der Waals surface area (Å²) in [5, 5.41) is 3.29. The third-order valence-electron chi connectivity index (χ3n) is 3.16. The van der Waals surface area contributed by atoms with Gasteiger partial charge in [0.05, 0.1) is 0 Å². The van der Waals surface area contributed by atoms with Crippen molar-refractivity contribution in [1.29, 1.82) is 0 Å². The summed E-state index contributed by atoms with van der Waals surface area (Å²) in [5.74, 6) is 0. The summed E-state index contributed by atoms with van der Waals surface area (Å²) >= 11 is 1.53. The molecule has 2 heterocycles. The zero-order valence-corrected chi connectivity index (χ0v) is 10.5. The number of benzene rings is 1. The molecule has 2 aromatic rings. The molecule has 0 bridgehead atoms. The highest BCUT2D eigenvalue weighted by atomic mass is 32.1. The van der Waals surface area contributed by atoms with Gasteiger partial charge in [-0.25, -0.2) is 4.39 Å². The van der Waals surface area contributed by atoms with E-state index in [9.17, 15) is 4.39 Å². The maximum atomic E-state index is 14.5. The number of fused-ring (bicyclic) bond motifs is 1. The standard InChI is InChI=1S/C14H14FNS/c1-9-5-6-12(17-9)13(15)11-4-2-3-10-7-8-16-14(10)11/h2-6,13,16H,7-8H2,1H3. The van der Waals surface area contributed by atoms with Crippen molar-refractivity contribution in [2.75, 3.05) is 11.9 Å². The predicted molar refractivity (Wildman–Crippen MR) is 70.6 cm³/mol. The van der Waals surface area contributed by atoms with Crippen molar-refractivity contribution in [1.82, 2.24) is 0 Å². The molecule has 0 radical (unpaired) electrons. The third kappa shape index (κ3) is 1.84. The first-order valence-corrected chi connectivity index (χ1v) is 6.63. The Bertz CT molecular complexity index is 547. The van der Waals surface area contributed by atoms with E-state index in [-0.39, 0.29) is 0 Å². The highest BCUT2D eigenvalue weighted by Gasteiger charge is 2.22. The molecule has 88 valence electrons. The lowest BCUT2D eigenvalue weighted by molar-refractivity contribution is 0.409. The lowest BCUT2D eigenvalue weighted by Crippen LogP contribution is -1.99. The van der Waals surface area contributed by atoms with E-state index in [2.05, 4.69) is 11.4 Å². The van der Waals surface area contributed by atoms with Crippen LogP contribution in [-0.2, 0) is 6.42 Å². The largest absolute Gasteiger partial charge is 0.384 e. The van der Waals surface area contributed by atoms with Crippen LogP contribution in [0.1, 0.15) is 27.1 Å². The summed E-state index contributed by atoms with van der Waals surface area (Å²) < 4.78 is 14.5. The molecule has 3 rings (SSSR count). The number of nitrogens with one attached hydrogen (secondary N) is 1. The summed E-state index contributed by atoms with van der Waals surface area (Å²) in [6, 6.07) is 9.78. The number of aryl methyl sites for hydroxylation is 1. The van der Waals surface area contributed by atoms with Crippen LogP contribution in [0.2, 0.25) is 0 Å². The Balaban J connectivity index is 2.02. The predicted octanol–water partition coefficient (Wildman–Crippen LogP) is 4.08. The molecule has 0 saturated heterocycles. The molecule has 1 atom stereocenters. The lowest BCUT2D eigenvalue weighted by atomic mass is 10.0. The quantitative estimate of drug-likeness (QED) is 0.843. The van der Waals surface area contributed by atoms with Crippen LogP contribution in [0.5, 0.6) is 0 Å². The molecule has 3 heteroatoms. The molecule has 1 aliphatic rings. The number of anilines is 1. The molecule has 0 spiro atoms. The zero-order chi connectivity index (χ0) is 11.8. The van der Waals surface area contributed by atoms with E-state index < -0.39 is 6.17 Å². The van der Waals surface area contributed by atoms with Crippen molar-refractivity contribution < 1.29 is 4.39 Å². The number of para-hydroxylation sites is 1. The third-order valence-corrected chi connectivity index (χ3v) is 4.20. The van der Waals surface area contributed by atoms with E-state index in [4.69, 9.17) is 0 Å². The van der Waals surface area contributed by atoms with Crippen LogP contribution in [0.15, 0.2) is 30.3 Å². The first kappa shape index (κ1) is 10.8. The van der Waals surface area contributed by atoms with Gasteiger partial charge in [-0.3, -0.25) is 0 Å². The Morgan fingerprint density at radius 2 is 2.18 bits per heavy atom. The molecule has 1 nitrogen and oxygen atoms in total. The van der Waals surface area contributed by atoms with Crippen LogP contribution in [-0.4, -0.2) is 6.54 Å². The van der Waals surface area contributed by atoms with E-state index in [0.29, 0.717) is 0 Å². The molecule has 1 aliphatic heterocycles. The van der Waals surface area contributed by atoms with Crippen LogP contribution in [0, 0.1) is 6.92 Å². The number of hydrogen-bond donors (Lipinski definition) is 1. The van der Waals surface area contributed by atoms with E-state index in [1.807, 2.05) is 31.2 Å². The molecular formula is C14H14FNS. The van der Waals surface area contributed by atoms with Gasteiger partial charge in [-0.2, -0.15) is 0 Å².